The number of likely N-dealkylation sites (tertiary alicyclic amines) is 1. The third-order valence-corrected chi connectivity index (χ3v) is 7.51. The summed E-state index contributed by atoms with van der Waals surface area (Å²) in [5.41, 5.74) is 0.354. The predicted molar refractivity (Wildman–Crippen MR) is 112 cm³/mol. The van der Waals surface area contributed by atoms with Crippen LogP contribution in [0.5, 0.6) is 0 Å². The van der Waals surface area contributed by atoms with Gasteiger partial charge in [-0.05, 0) is 44.4 Å². The quantitative estimate of drug-likeness (QED) is 0.387. The van der Waals surface area contributed by atoms with E-state index in [1.807, 2.05) is 18.5 Å². The minimum Gasteiger partial charge on any atom is -0.440 e. The number of pyridine rings is 1. The number of thioether (sulfide) groups is 1. The zero-order valence-electron chi connectivity index (χ0n) is 17.8. The van der Waals surface area contributed by atoms with Crippen molar-refractivity contribution in [3.8, 4) is 11.6 Å². The molecule has 0 aromatic carbocycles. The van der Waals surface area contributed by atoms with Crippen molar-refractivity contribution in [3.63, 3.8) is 0 Å². The first-order valence-corrected chi connectivity index (χ1v) is 11.5. The van der Waals surface area contributed by atoms with Crippen LogP contribution in [0.15, 0.2) is 34.2 Å². The van der Waals surface area contributed by atoms with Gasteiger partial charge in [0, 0.05) is 37.0 Å². The minimum absolute atomic E-state index is 0.207. The lowest BCUT2D eigenvalue weighted by Crippen LogP contribution is -2.28. The summed E-state index contributed by atoms with van der Waals surface area (Å²) in [6.45, 7) is 4.45. The van der Waals surface area contributed by atoms with E-state index < -0.39 is 11.9 Å². The maximum atomic E-state index is 13.0. The van der Waals surface area contributed by atoms with Gasteiger partial charge in [0.25, 0.3) is 0 Å². The Morgan fingerprint density at radius 3 is 2.88 bits per heavy atom. The molecule has 0 N–H and O–H groups in total. The number of oxazole rings is 1. The van der Waals surface area contributed by atoms with Crippen LogP contribution in [0.2, 0.25) is 0 Å². The molecule has 0 unspecified atom stereocenters. The molecule has 2 atom stereocenters. The van der Waals surface area contributed by atoms with Gasteiger partial charge in [0.05, 0.1) is 5.69 Å². The van der Waals surface area contributed by atoms with Gasteiger partial charge in [-0.3, -0.25) is 0 Å². The molecule has 1 saturated carbocycles. The third-order valence-electron chi connectivity index (χ3n) is 6.40. The topological polar surface area (TPSA) is 72.9 Å². The highest BCUT2D eigenvalue weighted by molar-refractivity contribution is 7.99. The van der Waals surface area contributed by atoms with E-state index in [0.717, 1.165) is 55.1 Å². The molecule has 0 amide bonds. The number of hydrogen-bond acceptors (Lipinski definition) is 7. The van der Waals surface area contributed by atoms with Gasteiger partial charge in [-0.2, -0.15) is 13.2 Å². The van der Waals surface area contributed by atoms with E-state index in [9.17, 15) is 13.2 Å². The zero-order chi connectivity index (χ0) is 22.5. The Morgan fingerprint density at radius 1 is 1.28 bits per heavy atom. The lowest BCUT2D eigenvalue weighted by Gasteiger charge is -2.21. The second kappa shape index (κ2) is 7.87. The normalized spacial score (nSPS) is 23.0. The van der Waals surface area contributed by atoms with Crippen LogP contribution in [-0.4, -0.2) is 55.0 Å². The van der Waals surface area contributed by atoms with Gasteiger partial charge in [0.1, 0.15) is 5.69 Å². The van der Waals surface area contributed by atoms with E-state index in [-0.39, 0.29) is 5.41 Å². The maximum absolute atomic E-state index is 13.0. The van der Waals surface area contributed by atoms with Crippen LogP contribution in [-0.2, 0) is 18.6 Å². The average Bonchev–Trinajstić information content (AvgIpc) is 3.05. The molecule has 1 saturated heterocycles. The van der Waals surface area contributed by atoms with Gasteiger partial charge >= 0.3 is 6.18 Å². The Bertz CT molecular complexity index is 1130. The Labute approximate surface area is 187 Å². The number of halogens is 3. The van der Waals surface area contributed by atoms with Crippen molar-refractivity contribution in [1.82, 2.24) is 29.6 Å². The highest BCUT2D eigenvalue weighted by Gasteiger charge is 2.61. The largest absolute Gasteiger partial charge is 0.440 e. The van der Waals surface area contributed by atoms with Crippen LogP contribution in [0, 0.1) is 12.8 Å². The first kappa shape index (κ1) is 21.4. The SMILES string of the molecule is Cc1ncoc1-c1nnc(SCCCN2C[C@@H]3C[C@]3(c3cccc(C(F)(F)F)n3)C2)n1C. The molecule has 3 aromatic rings. The van der Waals surface area contributed by atoms with Crippen molar-refractivity contribution in [3.05, 3.63) is 41.7 Å². The van der Waals surface area contributed by atoms with Crippen LogP contribution in [0.25, 0.3) is 11.6 Å². The number of fused-ring (bicyclic) bond motifs is 1. The molecule has 3 aromatic heterocycles. The zero-order valence-corrected chi connectivity index (χ0v) is 18.6. The molecule has 2 fully saturated rings. The Kier molecular flexibility index (Phi) is 5.28. The molecule has 0 spiro atoms. The summed E-state index contributed by atoms with van der Waals surface area (Å²) in [7, 11) is 1.90. The van der Waals surface area contributed by atoms with Gasteiger partial charge in [-0.1, -0.05) is 17.8 Å². The van der Waals surface area contributed by atoms with Crippen molar-refractivity contribution >= 4 is 11.8 Å². The molecule has 1 aliphatic carbocycles. The monoisotopic (exact) mass is 464 g/mol. The van der Waals surface area contributed by atoms with Crippen molar-refractivity contribution in [2.45, 2.75) is 36.5 Å². The van der Waals surface area contributed by atoms with Crippen molar-refractivity contribution < 1.29 is 17.6 Å². The van der Waals surface area contributed by atoms with Crippen LogP contribution in [0.3, 0.4) is 0 Å². The van der Waals surface area contributed by atoms with E-state index in [2.05, 4.69) is 25.1 Å². The summed E-state index contributed by atoms with van der Waals surface area (Å²) in [5, 5.41) is 9.28. The summed E-state index contributed by atoms with van der Waals surface area (Å²) in [4.78, 5) is 10.4. The maximum Gasteiger partial charge on any atom is 0.433 e. The van der Waals surface area contributed by atoms with Gasteiger partial charge in [0.15, 0.2) is 17.3 Å². The Hall–Kier alpha value is -2.40. The molecule has 0 radical (unpaired) electrons. The first-order valence-electron chi connectivity index (χ1n) is 10.5. The second-order valence-electron chi connectivity index (χ2n) is 8.53. The number of hydrogen-bond donors (Lipinski definition) is 0. The number of aryl methyl sites for hydroxylation is 1. The van der Waals surface area contributed by atoms with Crippen LogP contribution in [0.1, 0.15) is 29.9 Å². The minimum atomic E-state index is -4.40. The molecular weight excluding hydrogens is 441 g/mol. The summed E-state index contributed by atoms with van der Waals surface area (Å²) in [5.74, 6) is 2.55. The standard InChI is InChI=1S/C21H23F3N6OS/c1-13-17(31-12-25-13)18-27-28-19(29(18)2)32-8-4-7-30-10-14-9-20(14,11-30)15-5-3-6-16(26-15)21(22,23)24/h3,5-6,12,14H,4,7-11H2,1-2H3/t14-,20-/m0/s1. The summed E-state index contributed by atoms with van der Waals surface area (Å²) in [6.07, 6.45) is -1.13. The second-order valence-corrected chi connectivity index (χ2v) is 9.59. The summed E-state index contributed by atoms with van der Waals surface area (Å²) >= 11 is 1.63. The van der Waals surface area contributed by atoms with E-state index in [4.69, 9.17) is 4.42 Å². The highest BCUT2D eigenvalue weighted by atomic mass is 32.2. The molecule has 0 bridgehead atoms. The molecule has 170 valence electrons. The van der Waals surface area contributed by atoms with Crippen LogP contribution >= 0.6 is 11.8 Å². The molecular formula is C21H23F3N6OS. The molecule has 4 heterocycles. The van der Waals surface area contributed by atoms with Crippen molar-refractivity contribution in [2.75, 3.05) is 25.4 Å². The third kappa shape index (κ3) is 3.81. The number of piperidine rings is 1. The number of alkyl halides is 3. The summed E-state index contributed by atoms with van der Waals surface area (Å²) in [6, 6.07) is 4.27. The predicted octanol–water partition coefficient (Wildman–Crippen LogP) is 3.95. The van der Waals surface area contributed by atoms with Crippen molar-refractivity contribution in [2.24, 2.45) is 13.0 Å². The van der Waals surface area contributed by atoms with Gasteiger partial charge in [-0.15, -0.1) is 10.2 Å². The fourth-order valence-electron chi connectivity index (χ4n) is 4.63. The van der Waals surface area contributed by atoms with E-state index in [1.165, 1.54) is 12.5 Å². The van der Waals surface area contributed by atoms with Crippen LogP contribution in [0.4, 0.5) is 13.2 Å². The number of nitrogens with zero attached hydrogens (tertiary/aromatic N) is 6. The summed E-state index contributed by atoms with van der Waals surface area (Å²) < 4.78 is 46.5. The smallest absolute Gasteiger partial charge is 0.433 e. The molecule has 7 nitrogen and oxygen atoms in total. The lowest BCUT2D eigenvalue weighted by molar-refractivity contribution is -0.141. The fourth-order valence-corrected chi connectivity index (χ4v) is 5.47. The van der Waals surface area contributed by atoms with Crippen molar-refractivity contribution in [1.29, 1.82) is 0 Å². The van der Waals surface area contributed by atoms with Crippen LogP contribution < -0.4 is 0 Å². The molecule has 32 heavy (non-hydrogen) atoms. The lowest BCUT2D eigenvalue weighted by atomic mass is 10.0. The van der Waals surface area contributed by atoms with E-state index >= 15 is 0 Å². The van der Waals surface area contributed by atoms with Gasteiger partial charge in [0.2, 0.25) is 5.82 Å². The van der Waals surface area contributed by atoms with Gasteiger partial charge < -0.3 is 13.9 Å². The Balaban J connectivity index is 1.14. The van der Waals surface area contributed by atoms with E-state index in [0.29, 0.717) is 23.2 Å². The first-order chi connectivity index (χ1) is 15.3. The average molecular weight is 465 g/mol. The number of rotatable bonds is 7. The Morgan fingerprint density at radius 2 is 2.12 bits per heavy atom. The molecule has 2 aliphatic rings. The molecule has 11 heteroatoms. The van der Waals surface area contributed by atoms with E-state index in [1.54, 1.807) is 17.8 Å². The number of aromatic nitrogens is 5. The highest BCUT2D eigenvalue weighted by Crippen LogP contribution is 2.58. The molecule has 5 rings (SSSR count). The fraction of sp³-hybridized carbons (Fsp3) is 0.524. The van der Waals surface area contributed by atoms with Gasteiger partial charge in [-0.25, -0.2) is 9.97 Å². The molecule has 1 aliphatic heterocycles.